The van der Waals surface area contributed by atoms with Crippen LogP contribution in [-0.2, 0) is 0 Å². The van der Waals surface area contributed by atoms with E-state index in [4.69, 9.17) is 4.99 Å². The van der Waals surface area contributed by atoms with E-state index in [-0.39, 0.29) is 10.8 Å². The maximum atomic E-state index is 5.29. The van der Waals surface area contributed by atoms with Crippen LogP contribution in [0.2, 0.25) is 6.04 Å². The average molecular weight is 318 g/mol. The first-order valence-corrected chi connectivity index (χ1v) is 10.2. The molecular formula is C20H35NSi. The second-order valence-electron chi connectivity index (χ2n) is 8.53. The maximum Gasteiger partial charge on any atom is 0.0599 e. The molecule has 1 aromatic carbocycles. The summed E-state index contributed by atoms with van der Waals surface area (Å²) in [4.78, 5) is 5.29. The second kappa shape index (κ2) is 8.10. The summed E-state index contributed by atoms with van der Waals surface area (Å²) in [6.45, 7) is 13.9. The van der Waals surface area contributed by atoms with Gasteiger partial charge in [0.05, 0.1) is 6.04 Å². The second-order valence-corrected chi connectivity index (χ2v) is 9.53. The number of aliphatic imine (C=N–C) groups is 1. The van der Waals surface area contributed by atoms with Crippen LogP contribution >= 0.6 is 0 Å². The lowest BCUT2D eigenvalue weighted by atomic mass is 9.72. The number of hydrogen-bond donors (Lipinski definition) is 0. The van der Waals surface area contributed by atoms with Crippen molar-refractivity contribution >= 4 is 16.0 Å². The van der Waals surface area contributed by atoms with Gasteiger partial charge in [-0.1, -0.05) is 84.3 Å². The van der Waals surface area contributed by atoms with E-state index in [0.29, 0.717) is 6.04 Å². The van der Waals surface area contributed by atoms with Crippen molar-refractivity contribution in [2.45, 2.75) is 72.9 Å². The molecule has 0 atom stereocenters. The summed E-state index contributed by atoms with van der Waals surface area (Å²) in [5.74, 6) is 0. The zero-order chi connectivity index (χ0) is 16.8. The van der Waals surface area contributed by atoms with Crippen LogP contribution in [0.5, 0.6) is 0 Å². The lowest BCUT2D eigenvalue weighted by Crippen LogP contribution is -2.37. The Kier molecular flexibility index (Phi) is 7.05. The number of unbranched alkanes of at least 4 members (excludes halogenated alkanes) is 1. The van der Waals surface area contributed by atoms with Crippen molar-refractivity contribution in [3.05, 3.63) is 35.9 Å². The van der Waals surface area contributed by atoms with E-state index >= 15 is 0 Å². The Labute approximate surface area is 141 Å². The van der Waals surface area contributed by atoms with Crippen molar-refractivity contribution in [3.8, 4) is 0 Å². The average Bonchev–Trinajstić information content (AvgIpc) is 2.41. The Hall–Kier alpha value is -0.893. The van der Waals surface area contributed by atoms with Gasteiger partial charge in [-0.05, 0) is 29.2 Å². The van der Waals surface area contributed by atoms with Gasteiger partial charge in [0.1, 0.15) is 0 Å². The molecular weight excluding hydrogens is 282 g/mol. The van der Waals surface area contributed by atoms with E-state index in [2.05, 4.69) is 71.9 Å². The van der Waals surface area contributed by atoms with E-state index < -0.39 is 0 Å². The van der Waals surface area contributed by atoms with Crippen LogP contribution in [-0.4, -0.2) is 22.0 Å². The van der Waals surface area contributed by atoms with E-state index in [9.17, 15) is 0 Å². The lowest BCUT2D eigenvalue weighted by molar-refractivity contribution is 0.182. The Bertz CT molecular complexity index is 449. The van der Waals surface area contributed by atoms with Crippen molar-refractivity contribution in [1.29, 1.82) is 0 Å². The third kappa shape index (κ3) is 6.08. The van der Waals surface area contributed by atoms with Crippen LogP contribution in [0, 0.1) is 10.8 Å². The minimum atomic E-state index is 0.177. The summed E-state index contributed by atoms with van der Waals surface area (Å²) in [6.07, 6.45) is 3.71. The third-order valence-corrected chi connectivity index (χ3v) is 4.76. The van der Waals surface area contributed by atoms with Crippen LogP contribution in [0.3, 0.4) is 0 Å². The smallest absolute Gasteiger partial charge is 0.0599 e. The Morgan fingerprint density at radius 3 is 1.95 bits per heavy atom. The molecule has 0 aromatic heterocycles. The summed E-state index contributed by atoms with van der Waals surface area (Å²) in [5, 5.41) is 0. The molecule has 1 nitrogen and oxygen atoms in total. The molecule has 0 amide bonds. The first-order chi connectivity index (χ1) is 10.2. The first kappa shape index (κ1) is 19.2. The van der Waals surface area contributed by atoms with Crippen molar-refractivity contribution in [2.75, 3.05) is 0 Å². The van der Waals surface area contributed by atoms with Gasteiger partial charge in [-0.2, -0.15) is 0 Å². The Balaban J connectivity index is 3.17. The van der Waals surface area contributed by atoms with E-state index in [1.807, 2.05) is 0 Å². The van der Waals surface area contributed by atoms with Crippen molar-refractivity contribution < 1.29 is 0 Å². The topological polar surface area (TPSA) is 12.4 Å². The molecule has 0 aliphatic rings. The molecule has 0 saturated heterocycles. The van der Waals surface area contributed by atoms with Crippen molar-refractivity contribution in [3.63, 3.8) is 0 Å². The summed E-state index contributed by atoms with van der Waals surface area (Å²) >= 11 is 0. The Morgan fingerprint density at radius 2 is 1.50 bits per heavy atom. The molecule has 1 aromatic rings. The number of nitrogens with zero attached hydrogens (tertiary/aromatic N) is 1. The SMILES string of the molecule is CC(C)(C)C(N=C(CCCC[SiH3])c1ccccc1)C(C)(C)C. The van der Waals surface area contributed by atoms with Gasteiger partial charge in [-0.3, -0.25) is 4.99 Å². The van der Waals surface area contributed by atoms with Gasteiger partial charge in [-0.25, -0.2) is 0 Å². The fourth-order valence-corrected chi connectivity index (χ4v) is 3.80. The summed E-state index contributed by atoms with van der Waals surface area (Å²) < 4.78 is 0. The number of rotatable bonds is 6. The van der Waals surface area contributed by atoms with Crippen molar-refractivity contribution in [2.24, 2.45) is 15.8 Å². The summed E-state index contributed by atoms with van der Waals surface area (Å²) in [6, 6.07) is 12.5. The maximum absolute atomic E-state index is 5.29. The Morgan fingerprint density at radius 1 is 0.955 bits per heavy atom. The lowest BCUT2D eigenvalue weighted by Gasteiger charge is -2.38. The molecule has 0 unspecified atom stereocenters. The van der Waals surface area contributed by atoms with Crippen LogP contribution in [0.25, 0.3) is 0 Å². The normalized spacial score (nSPS) is 13.9. The highest BCUT2D eigenvalue weighted by Gasteiger charge is 2.34. The number of benzene rings is 1. The van der Waals surface area contributed by atoms with Gasteiger partial charge >= 0.3 is 0 Å². The van der Waals surface area contributed by atoms with E-state index in [0.717, 1.165) is 6.42 Å². The first-order valence-electron chi connectivity index (χ1n) is 8.78. The zero-order valence-corrected chi connectivity index (χ0v) is 17.7. The molecule has 0 radical (unpaired) electrons. The molecule has 0 fully saturated rings. The highest BCUT2D eigenvalue weighted by Crippen LogP contribution is 2.36. The number of hydrogen-bond acceptors (Lipinski definition) is 1. The monoisotopic (exact) mass is 317 g/mol. The predicted octanol–water partition coefficient (Wildman–Crippen LogP) is 4.89. The fraction of sp³-hybridized carbons (Fsp3) is 0.650. The predicted molar refractivity (Wildman–Crippen MR) is 104 cm³/mol. The molecule has 22 heavy (non-hydrogen) atoms. The van der Waals surface area contributed by atoms with E-state index in [1.165, 1.54) is 40.4 Å². The van der Waals surface area contributed by atoms with Crippen molar-refractivity contribution in [1.82, 2.24) is 0 Å². The molecule has 0 bridgehead atoms. The molecule has 124 valence electrons. The molecule has 1 rings (SSSR count). The van der Waals surface area contributed by atoms with Gasteiger partial charge < -0.3 is 0 Å². The van der Waals surface area contributed by atoms with Crippen LogP contribution < -0.4 is 0 Å². The zero-order valence-electron chi connectivity index (χ0n) is 15.7. The quantitative estimate of drug-likeness (QED) is 0.402. The van der Waals surface area contributed by atoms with E-state index in [1.54, 1.807) is 0 Å². The third-order valence-electron chi connectivity index (χ3n) is 4.05. The standard InChI is InChI=1S/C20H35NSi/c1-19(2,3)18(20(4,5)6)21-17(14-10-11-15-22)16-12-8-7-9-13-16/h7-9,12-13,18H,10-11,14-15H2,1-6,22H3. The van der Waals surface area contributed by atoms with Gasteiger partial charge in [-0.15, -0.1) is 0 Å². The summed E-state index contributed by atoms with van der Waals surface area (Å²) in [7, 11) is 1.31. The molecule has 0 aliphatic carbocycles. The fourth-order valence-electron chi connectivity index (χ4n) is 3.30. The van der Waals surface area contributed by atoms with Gasteiger partial charge in [0.15, 0.2) is 0 Å². The molecule has 0 saturated carbocycles. The van der Waals surface area contributed by atoms with Crippen LogP contribution in [0.1, 0.15) is 66.4 Å². The molecule has 0 spiro atoms. The van der Waals surface area contributed by atoms with Crippen LogP contribution in [0.4, 0.5) is 0 Å². The highest BCUT2D eigenvalue weighted by atomic mass is 28.1. The van der Waals surface area contributed by atoms with Gasteiger partial charge in [0.2, 0.25) is 0 Å². The van der Waals surface area contributed by atoms with Gasteiger partial charge in [0.25, 0.3) is 0 Å². The summed E-state index contributed by atoms with van der Waals surface area (Å²) in [5.41, 5.74) is 2.95. The van der Waals surface area contributed by atoms with Gasteiger partial charge in [0, 0.05) is 16.0 Å². The minimum Gasteiger partial charge on any atom is -0.285 e. The molecule has 0 aliphatic heterocycles. The highest BCUT2D eigenvalue weighted by molar-refractivity contribution is 6.08. The molecule has 0 heterocycles. The van der Waals surface area contributed by atoms with Crippen LogP contribution in [0.15, 0.2) is 35.3 Å². The minimum absolute atomic E-state index is 0.177. The largest absolute Gasteiger partial charge is 0.285 e. The molecule has 0 N–H and O–H groups in total. The molecule has 2 heteroatoms.